The third-order valence-corrected chi connectivity index (χ3v) is 2.80. The van der Waals surface area contributed by atoms with Gasteiger partial charge in [0.25, 0.3) is 0 Å². The number of pyridine rings is 1. The van der Waals surface area contributed by atoms with Crippen molar-refractivity contribution in [1.29, 1.82) is 0 Å². The second-order valence-corrected chi connectivity index (χ2v) is 4.60. The zero-order chi connectivity index (χ0) is 13.8. The van der Waals surface area contributed by atoms with E-state index in [-0.39, 0.29) is 0 Å². The summed E-state index contributed by atoms with van der Waals surface area (Å²) >= 11 is 0. The van der Waals surface area contributed by atoms with E-state index in [9.17, 15) is 5.11 Å². The average molecular weight is 258 g/mol. The molecule has 100 valence electrons. The van der Waals surface area contributed by atoms with Crippen LogP contribution in [0.1, 0.15) is 18.6 Å². The highest BCUT2D eigenvalue weighted by Gasteiger charge is 2.04. The van der Waals surface area contributed by atoms with Gasteiger partial charge in [-0.25, -0.2) is 4.98 Å². The van der Waals surface area contributed by atoms with E-state index in [0.717, 1.165) is 17.0 Å². The minimum atomic E-state index is -0.515. The maximum atomic E-state index is 9.42. The average Bonchev–Trinajstić information content (AvgIpc) is 2.39. The van der Waals surface area contributed by atoms with Gasteiger partial charge in [-0.2, -0.15) is 0 Å². The molecule has 0 fully saturated rings. The van der Waals surface area contributed by atoms with E-state index in [4.69, 9.17) is 4.74 Å². The monoisotopic (exact) mass is 258 g/mol. The third kappa shape index (κ3) is 3.45. The number of aliphatic hydroxyl groups is 1. The summed E-state index contributed by atoms with van der Waals surface area (Å²) < 4.78 is 5.68. The van der Waals surface area contributed by atoms with Crippen LogP contribution in [0.5, 0.6) is 11.6 Å². The summed E-state index contributed by atoms with van der Waals surface area (Å²) in [4.78, 5) is 6.18. The van der Waals surface area contributed by atoms with Crippen LogP contribution in [-0.4, -0.2) is 24.2 Å². The molecule has 4 heteroatoms. The fourth-order valence-electron chi connectivity index (χ4n) is 1.65. The molecule has 2 rings (SSSR count). The van der Waals surface area contributed by atoms with Crippen LogP contribution in [0.2, 0.25) is 0 Å². The molecule has 0 bridgehead atoms. The van der Waals surface area contributed by atoms with Crippen LogP contribution >= 0.6 is 0 Å². The van der Waals surface area contributed by atoms with Gasteiger partial charge < -0.3 is 14.7 Å². The molecule has 0 aliphatic rings. The molecule has 0 saturated heterocycles. The Kier molecular flexibility index (Phi) is 4.02. The summed E-state index contributed by atoms with van der Waals surface area (Å²) in [6.07, 6.45) is 1.11. The van der Waals surface area contributed by atoms with Gasteiger partial charge in [0, 0.05) is 38.1 Å². The highest BCUT2D eigenvalue weighted by molar-refractivity contribution is 5.50. The Morgan fingerprint density at radius 1 is 1.21 bits per heavy atom. The van der Waals surface area contributed by atoms with Crippen molar-refractivity contribution >= 4 is 5.69 Å². The third-order valence-electron chi connectivity index (χ3n) is 2.80. The van der Waals surface area contributed by atoms with Crippen LogP contribution in [0.3, 0.4) is 0 Å². The number of aliphatic hydroxyl groups excluding tert-OH is 1. The topological polar surface area (TPSA) is 45.6 Å². The molecule has 0 spiro atoms. The molecule has 0 unspecified atom stereocenters. The maximum absolute atomic E-state index is 9.42. The first kappa shape index (κ1) is 13.4. The van der Waals surface area contributed by atoms with Gasteiger partial charge in [0.1, 0.15) is 5.75 Å². The van der Waals surface area contributed by atoms with Crippen molar-refractivity contribution in [2.45, 2.75) is 13.0 Å². The molecule has 1 aromatic carbocycles. The van der Waals surface area contributed by atoms with Crippen LogP contribution in [-0.2, 0) is 0 Å². The van der Waals surface area contributed by atoms with Gasteiger partial charge >= 0.3 is 0 Å². The second-order valence-electron chi connectivity index (χ2n) is 4.60. The molecule has 0 aliphatic carbocycles. The van der Waals surface area contributed by atoms with Crippen molar-refractivity contribution in [2.24, 2.45) is 0 Å². The van der Waals surface area contributed by atoms with Gasteiger partial charge in [-0.1, -0.05) is 6.07 Å². The first-order valence-electron chi connectivity index (χ1n) is 6.15. The lowest BCUT2D eigenvalue weighted by Gasteiger charge is -2.13. The lowest BCUT2D eigenvalue weighted by molar-refractivity contribution is 0.198. The van der Waals surface area contributed by atoms with Crippen molar-refractivity contribution in [3.8, 4) is 11.6 Å². The van der Waals surface area contributed by atoms with Crippen molar-refractivity contribution in [2.75, 3.05) is 19.0 Å². The van der Waals surface area contributed by atoms with Gasteiger partial charge in [-0.15, -0.1) is 0 Å². The molecule has 2 aromatic rings. The Balaban J connectivity index is 2.14. The van der Waals surface area contributed by atoms with Gasteiger partial charge in [-0.3, -0.25) is 0 Å². The van der Waals surface area contributed by atoms with E-state index in [1.807, 2.05) is 49.3 Å². The van der Waals surface area contributed by atoms with E-state index >= 15 is 0 Å². The van der Waals surface area contributed by atoms with Crippen LogP contribution < -0.4 is 9.64 Å². The maximum Gasteiger partial charge on any atom is 0.219 e. The molecular formula is C15H18N2O2. The first-order valence-corrected chi connectivity index (χ1v) is 6.15. The van der Waals surface area contributed by atoms with Gasteiger partial charge in [0.15, 0.2) is 0 Å². The Morgan fingerprint density at radius 3 is 2.58 bits per heavy atom. The van der Waals surface area contributed by atoms with Crippen molar-refractivity contribution in [3.63, 3.8) is 0 Å². The molecule has 0 saturated carbocycles. The summed E-state index contributed by atoms with van der Waals surface area (Å²) in [5.74, 6) is 1.25. The molecule has 0 aliphatic heterocycles. The van der Waals surface area contributed by atoms with Gasteiger partial charge in [0.05, 0.1) is 6.10 Å². The van der Waals surface area contributed by atoms with Gasteiger partial charge in [-0.05, 0) is 30.7 Å². The summed E-state index contributed by atoms with van der Waals surface area (Å²) in [6.45, 7) is 1.71. The summed E-state index contributed by atoms with van der Waals surface area (Å²) in [5.41, 5.74) is 1.84. The van der Waals surface area contributed by atoms with Crippen molar-refractivity contribution < 1.29 is 9.84 Å². The number of hydrogen-bond donors (Lipinski definition) is 1. The molecule has 1 atom stereocenters. The highest BCUT2D eigenvalue weighted by Crippen LogP contribution is 2.24. The lowest BCUT2D eigenvalue weighted by atomic mass is 10.2. The molecule has 19 heavy (non-hydrogen) atoms. The number of ether oxygens (including phenoxy) is 1. The minimum absolute atomic E-state index is 0.514. The molecular weight excluding hydrogens is 240 g/mol. The molecule has 1 aromatic heterocycles. The second kappa shape index (κ2) is 5.71. The molecule has 1 heterocycles. The number of hydrogen-bond acceptors (Lipinski definition) is 4. The number of anilines is 1. The number of rotatable bonds is 4. The Bertz CT molecular complexity index is 536. The Hall–Kier alpha value is -2.07. The van der Waals surface area contributed by atoms with E-state index in [0.29, 0.717) is 5.88 Å². The van der Waals surface area contributed by atoms with Crippen molar-refractivity contribution in [3.05, 3.63) is 48.2 Å². The van der Waals surface area contributed by atoms with E-state index < -0.39 is 6.10 Å². The van der Waals surface area contributed by atoms with E-state index in [1.54, 1.807) is 19.2 Å². The largest absolute Gasteiger partial charge is 0.439 e. The van der Waals surface area contributed by atoms with Crippen molar-refractivity contribution in [1.82, 2.24) is 4.98 Å². The first-order chi connectivity index (χ1) is 9.06. The molecule has 0 radical (unpaired) electrons. The van der Waals surface area contributed by atoms with Crippen LogP contribution in [0.25, 0.3) is 0 Å². The molecule has 1 N–H and O–H groups in total. The smallest absolute Gasteiger partial charge is 0.219 e. The SMILES string of the molecule is C[C@@H](O)c1ccc(Oc2cccc(N(C)C)c2)nc1. The number of nitrogens with zero attached hydrogens (tertiary/aromatic N) is 2. The standard InChI is InChI=1S/C15H18N2O2/c1-11(18)12-7-8-15(16-10-12)19-14-6-4-5-13(9-14)17(2)3/h4-11,18H,1-3H3/t11-/m1/s1. The summed E-state index contributed by atoms with van der Waals surface area (Å²) in [5, 5.41) is 9.42. The zero-order valence-electron chi connectivity index (χ0n) is 11.4. The predicted molar refractivity (Wildman–Crippen MR) is 75.7 cm³/mol. The van der Waals surface area contributed by atoms with Crippen LogP contribution in [0, 0.1) is 0 Å². The quantitative estimate of drug-likeness (QED) is 0.915. The number of aromatic nitrogens is 1. The molecule has 4 nitrogen and oxygen atoms in total. The fourth-order valence-corrected chi connectivity index (χ4v) is 1.65. The highest BCUT2D eigenvalue weighted by atomic mass is 16.5. The summed E-state index contributed by atoms with van der Waals surface area (Å²) in [6, 6.07) is 11.3. The van der Waals surface area contributed by atoms with E-state index in [2.05, 4.69) is 4.98 Å². The fraction of sp³-hybridized carbons (Fsp3) is 0.267. The minimum Gasteiger partial charge on any atom is -0.439 e. The normalized spacial score (nSPS) is 12.0. The van der Waals surface area contributed by atoms with E-state index in [1.165, 1.54) is 0 Å². The Labute approximate surface area is 113 Å². The predicted octanol–water partition coefficient (Wildman–Crippen LogP) is 2.99. The lowest BCUT2D eigenvalue weighted by Crippen LogP contribution is -2.08. The van der Waals surface area contributed by atoms with Crippen LogP contribution in [0.4, 0.5) is 5.69 Å². The van der Waals surface area contributed by atoms with Gasteiger partial charge in [0.2, 0.25) is 5.88 Å². The number of benzene rings is 1. The Morgan fingerprint density at radius 2 is 2.00 bits per heavy atom. The zero-order valence-corrected chi connectivity index (χ0v) is 11.4. The summed E-state index contributed by atoms with van der Waals surface area (Å²) in [7, 11) is 3.96. The molecule has 0 amide bonds. The van der Waals surface area contributed by atoms with Crippen LogP contribution in [0.15, 0.2) is 42.6 Å².